The molecule has 4 nitrogen and oxygen atoms in total. The van der Waals surface area contributed by atoms with Gasteiger partial charge in [-0.1, -0.05) is 6.92 Å². The van der Waals surface area contributed by atoms with Gasteiger partial charge in [0.15, 0.2) is 0 Å². The lowest BCUT2D eigenvalue weighted by Crippen LogP contribution is -2.50. The summed E-state index contributed by atoms with van der Waals surface area (Å²) < 4.78 is 11.9. The predicted octanol–water partition coefficient (Wildman–Crippen LogP) is 1.64. The maximum Gasteiger partial charge on any atom is 0.0753 e. The van der Waals surface area contributed by atoms with E-state index in [1.165, 1.54) is 19.3 Å². The number of hydrogen-bond acceptors (Lipinski definition) is 4. The SMILES string of the molecule is CCCNCC1CCC(CN2CCOC(C)(C)C2)O1. The Morgan fingerprint density at radius 2 is 2.05 bits per heavy atom. The van der Waals surface area contributed by atoms with Crippen molar-refractivity contribution < 1.29 is 9.47 Å². The molecule has 112 valence electrons. The molecule has 2 rings (SSSR count). The van der Waals surface area contributed by atoms with Crippen LogP contribution in [-0.2, 0) is 9.47 Å². The molecule has 0 amide bonds. The highest BCUT2D eigenvalue weighted by Gasteiger charge is 2.31. The fourth-order valence-electron chi connectivity index (χ4n) is 3.06. The zero-order valence-corrected chi connectivity index (χ0v) is 12.8. The summed E-state index contributed by atoms with van der Waals surface area (Å²) in [6.07, 6.45) is 4.44. The molecule has 2 heterocycles. The van der Waals surface area contributed by atoms with Gasteiger partial charge in [0.25, 0.3) is 0 Å². The first kappa shape index (κ1) is 15.2. The first-order valence-electron chi connectivity index (χ1n) is 7.81. The van der Waals surface area contributed by atoms with E-state index in [0.29, 0.717) is 12.2 Å². The molecule has 0 aromatic heterocycles. The van der Waals surface area contributed by atoms with Crippen molar-refractivity contribution in [3.63, 3.8) is 0 Å². The molecule has 2 saturated heterocycles. The van der Waals surface area contributed by atoms with E-state index in [4.69, 9.17) is 9.47 Å². The quantitative estimate of drug-likeness (QED) is 0.744. The van der Waals surface area contributed by atoms with Crippen LogP contribution in [0.4, 0.5) is 0 Å². The molecule has 0 saturated carbocycles. The van der Waals surface area contributed by atoms with Crippen molar-refractivity contribution in [3.05, 3.63) is 0 Å². The molecule has 2 aliphatic rings. The van der Waals surface area contributed by atoms with E-state index < -0.39 is 0 Å². The van der Waals surface area contributed by atoms with Gasteiger partial charge < -0.3 is 14.8 Å². The Kier molecular flexibility index (Phi) is 5.63. The Labute approximate surface area is 117 Å². The lowest BCUT2D eigenvalue weighted by Gasteiger charge is -2.39. The molecule has 2 unspecified atom stereocenters. The van der Waals surface area contributed by atoms with Crippen molar-refractivity contribution in [1.82, 2.24) is 10.2 Å². The molecule has 2 fully saturated rings. The lowest BCUT2D eigenvalue weighted by atomic mass is 10.1. The van der Waals surface area contributed by atoms with Crippen molar-refractivity contribution in [3.8, 4) is 0 Å². The second-order valence-corrected chi connectivity index (χ2v) is 6.50. The van der Waals surface area contributed by atoms with Crippen LogP contribution < -0.4 is 5.32 Å². The fourth-order valence-corrected chi connectivity index (χ4v) is 3.06. The smallest absolute Gasteiger partial charge is 0.0753 e. The maximum atomic E-state index is 6.13. The monoisotopic (exact) mass is 270 g/mol. The third-order valence-corrected chi connectivity index (χ3v) is 3.96. The van der Waals surface area contributed by atoms with Crippen LogP contribution in [0.3, 0.4) is 0 Å². The van der Waals surface area contributed by atoms with Crippen molar-refractivity contribution in [2.45, 2.75) is 57.8 Å². The topological polar surface area (TPSA) is 33.7 Å². The second-order valence-electron chi connectivity index (χ2n) is 6.50. The highest BCUT2D eigenvalue weighted by Crippen LogP contribution is 2.23. The molecule has 0 aliphatic carbocycles. The largest absolute Gasteiger partial charge is 0.373 e. The first-order valence-corrected chi connectivity index (χ1v) is 7.81. The van der Waals surface area contributed by atoms with Crippen molar-refractivity contribution in [1.29, 1.82) is 0 Å². The highest BCUT2D eigenvalue weighted by molar-refractivity contribution is 4.83. The minimum atomic E-state index is -0.00105. The standard InChI is InChI=1S/C15H30N2O2/c1-4-7-16-10-13-5-6-14(19-13)11-17-8-9-18-15(2,3)12-17/h13-14,16H,4-12H2,1-3H3. The molecular weight excluding hydrogens is 240 g/mol. The summed E-state index contributed by atoms with van der Waals surface area (Å²) in [4.78, 5) is 2.50. The summed E-state index contributed by atoms with van der Waals surface area (Å²) in [6.45, 7) is 12.6. The summed E-state index contributed by atoms with van der Waals surface area (Å²) in [5.74, 6) is 0. The van der Waals surface area contributed by atoms with Gasteiger partial charge in [0.05, 0.1) is 24.4 Å². The number of morpholine rings is 1. The van der Waals surface area contributed by atoms with Gasteiger partial charge in [-0.25, -0.2) is 0 Å². The van der Waals surface area contributed by atoms with E-state index in [0.717, 1.165) is 39.3 Å². The molecule has 0 bridgehead atoms. The first-order chi connectivity index (χ1) is 9.09. The summed E-state index contributed by atoms with van der Waals surface area (Å²) in [5, 5.41) is 3.46. The van der Waals surface area contributed by atoms with Gasteiger partial charge in [0.1, 0.15) is 0 Å². The van der Waals surface area contributed by atoms with Gasteiger partial charge in [-0.2, -0.15) is 0 Å². The van der Waals surface area contributed by atoms with Crippen LogP contribution in [0.5, 0.6) is 0 Å². The second kappa shape index (κ2) is 7.02. The number of hydrogen-bond donors (Lipinski definition) is 1. The van der Waals surface area contributed by atoms with E-state index in [1.807, 2.05) is 0 Å². The Morgan fingerprint density at radius 1 is 1.26 bits per heavy atom. The van der Waals surface area contributed by atoms with Crippen LogP contribution in [-0.4, -0.2) is 62.0 Å². The Bertz CT molecular complexity index is 271. The van der Waals surface area contributed by atoms with E-state index in [-0.39, 0.29) is 5.60 Å². The number of ether oxygens (including phenoxy) is 2. The molecule has 19 heavy (non-hydrogen) atoms. The van der Waals surface area contributed by atoms with E-state index in [2.05, 4.69) is 31.0 Å². The molecule has 0 aromatic carbocycles. The van der Waals surface area contributed by atoms with Gasteiger partial charge in [-0.15, -0.1) is 0 Å². The van der Waals surface area contributed by atoms with E-state index in [9.17, 15) is 0 Å². The van der Waals surface area contributed by atoms with Gasteiger partial charge in [0.2, 0.25) is 0 Å². The normalized spacial score (nSPS) is 31.7. The molecule has 4 heteroatoms. The molecule has 0 aromatic rings. The summed E-state index contributed by atoms with van der Waals surface area (Å²) in [5.41, 5.74) is -0.00105. The third-order valence-electron chi connectivity index (χ3n) is 3.96. The maximum absolute atomic E-state index is 6.13. The van der Waals surface area contributed by atoms with Crippen molar-refractivity contribution in [2.75, 3.05) is 39.3 Å². The van der Waals surface area contributed by atoms with Crippen LogP contribution in [0.15, 0.2) is 0 Å². The number of nitrogens with zero attached hydrogens (tertiary/aromatic N) is 1. The average Bonchev–Trinajstić information content (AvgIpc) is 2.76. The zero-order valence-electron chi connectivity index (χ0n) is 12.8. The van der Waals surface area contributed by atoms with Gasteiger partial charge in [0, 0.05) is 26.2 Å². The Hall–Kier alpha value is -0.160. The van der Waals surface area contributed by atoms with Crippen molar-refractivity contribution >= 4 is 0 Å². The summed E-state index contributed by atoms with van der Waals surface area (Å²) in [7, 11) is 0. The van der Waals surface area contributed by atoms with Crippen LogP contribution in [0.25, 0.3) is 0 Å². The van der Waals surface area contributed by atoms with Crippen molar-refractivity contribution in [2.24, 2.45) is 0 Å². The summed E-state index contributed by atoms with van der Waals surface area (Å²) >= 11 is 0. The number of nitrogens with one attached hydrogen (secondary N) is 1. The minimum absolute atomic E-state index is 0.00105. The van der Waals surface area contributed by atoms with E-state index >= 15 is 0 Å². The molecule has 0 spiro atoms. The van der Waals surface area contributed by atoms with Crippen LogP contribution in [0.1, 0.15) is 40.0 Å². The van der Waals surface area contributed by atoms with Crippen LogP contribution >= 0.6 is 0 Å². The molecular formula is C15H30N2O2. The summed E-state index contributed by atoms with van der Waals surface area (Å²) in [6, 6.07) is 0. The lowest BCUT2D eigenvalue weighted by molar-refractivity contribution is -0.0964. The molecule has 1 N–H and O–H groups in total. The minimum Gasteiger partial charge on any atom is -0.373 e. The Balaban J connectivity index is 1.67. The number of rotatable bonds is 6. The molecule has 2 aliphatic heterocycles. The van der Waals surface area contributed by atoms with Gasteiger partial charge in [-0.05, 0) is 39.7 Å². The van der Waals surface area contributed by atoms with Gasteiger partial charge in [-0.3, -0.25) is 4.90 Å². The molecule has 0 radical (unpaired) electrons. The Morgan fingerprint density at radius 3 is 2.79 bits per heavy atom. The molecule has 2 atom stereocenters. The van der Waals surface area contributed by atoms with Crippen LogP contribution in [0, 0.1) is 0 Å². The fraction of sp³-hybridized carbons (Fsp3) is 1.00. The zero-order chi connectivity index (χ0) is 13.7. The predicted molar refractivity (Wildman–Crippen MR) is 77.5 cm³/mol. The van der Waals surface area contributed by atoms with Crippen LogP contribution in [0.2, 0.25) is 0 Å². The highest BCUT2D eigenvalue weighted by atomic mass is 16.5. The van der Waals surface area contributed by atoms with E-state index in [1.54, 1.807) is 0 Å². The average molecular weight is 270 g/mol. The third kappa shape index (κ3) is 5.03. The van der Waals surface area contributed by atoms with Gasteiger partial charge >= 0.3 is 0 Å².